The van der Waals surface area contributed by atoms with Crippen LogP contribution in [0, 0.1) is 0 Å². The van der Waals surface area contributed by atoms with Gasteiger partial charge in [0.25, 0.3) is 0 Å². The zero-order chi connectivity index (χ0) is 13.6. The van der Waals surface area contributed by atoms with Crippen LogP contribution < -0.4 is 5.32 Å². The van der Waals surface area contributed by atoms with E-state index in [9.17, 15) is 0 Å². The summed E-state index contributed by atoms with van der Waals surface area (Å²) in [6.45, 7) is 5.80. The predicted octanol–water partition coefficient (Wildman–Crippen LogP) is 4.67. The van der Waals surface area contributed by atoms with E-state index in [1.54, 1.807) is 0 Å². The Hall–Kier alpha value is -0.820. The smallest absolute Gasteiger partial charge is 0.00752 e. The summed E-state index contributed by atoms with van der Waals surface area (Å²) in [7, 11) is 0. The zero-order valence-corrected chi connectivity index (χ0v) is 12.6. The van der Waals surface area contributed by atoms with Crippen LogP contribution in [0.2, 0.25) is 0 Å². The van der Waals surface area contributed by atoms with Gasteiger partial charge < -0.3 is 5.32 Å². The van der Waals surface area contributed by atoms with E-state index in [2.05, 4.69) is 49.5 Å². The topological polar surface area (TPSA) is 12.0 Å². The first-order valence-corrected chi connectivity index (χ1v) is 8.09. The van der Waals surface area contributed by atoms with E-state index >= 15 is 0 Å². The Morgan fingerprint density at radius 2 is 1.84 bits per heavy atom. The van der Waals surface area contributed by atoms with Crippen LogP contribution in [-0.4, -0.2) is 12.6 Å². The maximum absolute atomic E-state index is 3.77. The van der Waals surface area contributed by atoms with Crippen LogP contribution in [0.25, 0.3) is 0 Å². The van der Waals surface area contributed by atoms with E-state index < -0.39 is 0 Å². The van der Waals surface area contributed by atoms with Crippen molar-refractivity contribution in [3.63, 3.8) is 0 Å². The first-order chi connectivity index (χ1) is 9.30. The Kier molecular flexibility index (Phi) is 5.45. The van der Waals surface area contributed by atoms with Crippen molar-refractivity contribution in [1.29, 1.82) is 0 Å². The van der Waals surface area contributed by atoms with Crippen molar-refractivity contribution >= 4 is 0 Å². The summed E-state index contributed by atoms with van der Waals surface area (Å²) in [6.07, 6.45) is 9.34. The van der Waals surface area contributed by atoms with Crippen LogP contribution in [0.5, 0.6) is 0 Å². The van der Waals surface area contributed by atoms with Gasteiger partial charge in [0, 0.05) is 18.0 Å². The van der Waals surface area contributed by atoms with Crippen molar-refractivity contribution in [3.05, 3.63) is 35.9 Å². The molecule has 1 saturated carbocycles. The molecule has 0 radical (unpaired) electrons. The largest absolute Gasteiger partial charge is 0.313 e. The molecule has 1 fully saturated rings. The average Bonchev–Trinajstić information content (AvgIpc) is 3.28. The molecular weight excluding hydrogens is 230 g/mol. The fourth-order valence-corrected chi connectivity index (χ4v) is 2.97. The maximum atomic E-state index is 3.77. The summed E-state index contributed by atoms with van der Waals surface area (Å²) < 4.78 is 0. The van der Waals surface area contributed by atoms with Crippen LogP contribution in [0.15, 0.2) is 30.3 Å². The minimum Gasteiger partial charge on any atom is -0.313 e. The molecule has 1 aliphatic rings. The van der Waals surface area contributed by atoms with Crippen LogP contribution in [-0.2, 0) is 5.41 Å². The highest BCUT2D eigenvalue weighted by Gasteiger charge is 2.32. The lowest BCUT2D eigenvalue weighted by atomic mass is 9.74. The van der Waals surface area contributed by atoms with Gasteiger partial charge in [-0.25, -0.2) is 0 Å². The summed E-state index contributed by atoms with van der Waals surface area (Å²) in [4.78, 5) is 0. The molecular formula is C18H29N. The molecule has 0 aliphatic heterocycles. The molecule has 0 spiro atoms. The molecule has 1 aromatic rings. The third-order valence-corrected chi connectivity index (χ3v) is 4.63. The predicted molar refractivity (Wildman–Crippen MR) is 83.6 cm³/mol. The van der Waals surface area contributed by atoms with Crippen molar-refractivity contribution in [2.45, 2.75) is 70.3 Å². The monoisotopic (exact) mass is 259 g/mol. The maximum Gasteiger partial charge on any atom is 0.00752 e. The van der Waals surface area contributed by atoms with E-state index in [-0.39, 0.29) is 0 Å². The van der Waals surface area contributed by atoms with Gasteiger partial charge in [-0.3, -0.25) is 0 Å². The first kappa shape index (κ1) is 14.6. The highest BCUT2D eigenvalue weighted by Crippen LogP contribution is 2.34. The number of hydrogen-bond donors (Lipinski definition) is 1. The van der Waals surface area contributed by atoms with E-state index in [0.717, 1.165) is 12.6 Å². The normalized spacial score (nSPS) is 18.2. The lowest BCUT2D eigenvalue weighted by Gasteiger charge is -2.34. The minimum atomic E-state index is 0.346. The number of unbranched alkanes of at least 4 members (excludes halogenated alkanes) is 2. The van der Waals surface area contributed by atoms with E-state index in [1.165, 1.54) is 50.5 Å². The zero-order valence-electron chi connectivity index (χ0n) is 12.6. The van der Waals surface area contributed by atoms with Crippen LogP contribution in [0.3, 0.4) is 0 Å². The van der Waals surface area contributed by atoms with Gasteiger partial charge in [-0.15, -0.1) is 0 Å². The van der Waals surface area contributed by atoms with Gasteiger partial charge >= 0.3 is 0 Å². The van der Waals surface area contributed by atoms with E-state index in [1.807, 2.05) is 0 Å². The molecule has 2 rings (SSSR count). The van der Waals surface area contributed by atoms with Gasteiger partial charge in [-0.1, -0.05) is 63.4 Å². The summed E-state index contributed by atoms with van der Waals surface area (Å²) in [6, 6.07) is 12.0. The number of rotatable bonds is 9. The molecule has 1 N–H and O–H groups in total. The van der Waals surface area contributed by atoms with Gasteiger partial charge in [0.1, 0.15) is 0 Å². The van der Waals surface area contributed by atoms with Crippen molar-refractivity contribution in [2.24, 2.45) is 0 Å². The number of benzene rings is 1. The summed E-state index contributed by atoms with van der Waals surface area (Å²) in [5, 5.41) is 3.77. The Bertz CT molecular complexity index is 355. The fourth-order valence-electron chi connectivity index (χ4n) is 2.97. The SMILES string of the molecule is CCCCCC(CC)(CNC1CC1)c1ccccc1. The molecule has 1 aliphatic carbocycles. The van der Waals surface area contributed by atoms with Crippen LogP contribution >= 0.6 is 0 Å². The van der Waals surface area contributed by atoms with Gasteiger partial charge in [0.2, 0.25) is 0 Å². The molecule has 19 heavy (non-hydrogen) atoms. The lowest BCUT2D eigenvalue weighted by Crippen LogP contribution is -2.38. The number of nitrogens with one attached hydrogen (secondary N) is 1. The summed E-state index contributed by atoms with van der Waals surface area (Å²) in [5.41, 5.74) is 1.88. The minimum absolute atomic E-state index is 0.346. The summed E-state index contributed by atoms with van der Waals surface area (Å²) >= 11 is 0. The Labute approximate surface area is 118 Å². The molecule has 0 heterocycles. The Morgan fingerprint density at radius 3 is 2.42 bits per heavy atom. The molecule has 0 aromatic heterocycles. The van der Waals surface area contributed by atoms with Crippen molar-refractivity contribution < 1.29 is 0 Å². The lowest BCUT2D eigenvalue weighted by molar-refractivity contribution is 0.340. The Morgan fingerprint density at radius 1 is 1.11 bits per heavy atom. The van der Waals surface area contributed by atoms with E-state index in [0.29, 0.717) is 5.41 Å². The second-order valence-electron chi connectivity index (χ2n) is 6.11. The highest BCUT2D eigenvalue weighted by molar-refractivity contribution is 5.26. The third kappa shape index (κ3) is 4.07. The van der Waals surface area contributed by atoms with E-state index in [4.69, 9.17) is 0 Å². The van der Waals surface area contributed by atoms with Gasteiger partial charge in [0.15, 0.2) is 0 Å². The van der Waals surface area contributed by atoms with Crippen molar-refractivity contribution in [2.75, 3.05) is 6.54 Å². The van der Waals surface area contributed by atoms with Crippen LogP contribution in [0.4, 0.5) is 0 Å². The third-order valence-electron chi connectivity index (χ3n) is 4.63. The van der Waals surface area contributed by atoms with Crippen molar-refractivity contribution in [3.8, 4) is 0 Å². The molecule has 0 saturated heterocycles. The number of hydrogen-bond acceptors (Lipinski definition) is 1. The molecule has 1 nitrogen and oxygen atoms in total. The van der Waals surface area contributed by atoms with Gasteiger partial charge in [-0.2, -0.15) is 0 Å². The van der Waals surface area contributed by atoms with Gasteiger partial charge in [0.05, 0.1) is 0 Å². The molecule has 1 aromatic carbocycles. The Balaban J connectivity index is 2.08. The fraction of sp³-hybridized carbons (Fsp3) is 0.667. The standard InChI is InChI=1S/C18H29N/c1-3-5-9-14-18(4-2,15-19-17-12-13-17)16-10-7-6-8-11-16/h6-8,10-11,17,19H,3-5,9,12-15H2,1-2H3. The van der Waals surface area contributed by atoms with Crippen molar-refractivity contribution in [1.82, 2.24) is 5.32 Å². The highest BCUT2D eigenvalue weighted by atomic mass is 15.0. The molecule has 1 heteroatoms. The average molecular weight is 259 g/mol. The second kappa shape index (κ2) is 7.09. The second-order valence-corrected chi connectivity index (χ2v) is 6.11. The quantitative estimate of drug-likeness (QED) is 0.636. The molecule has 1 atom stereocenters. The molecule has 0 bridgehead atoms. The molecule has 0 amide bonds. The first-order valence-electron chi connectivity index (χ1n) is 8.09. The molecule has 106 valence electrons. The molecule has 1 unspecified atom stereocenters. The van der Waals surface area contributed by atoms with Crippen LogP contribution in [0.1, 0.15) is 64.4 Å². The summed E-state index contributed by atoms with van der Waals surface area (Å²) in [5.74, 6) is 0. The van der Waals surface area contributed by atoms with Gasteiger partial charge in [-0.05, 0) is 31.2 Å².